The maximum atomic E-state index is 12.1. The highest BCUT2D eigenvalue weighted by Crippen LogP contribution is 2.40. The molecule has 0 radical (unpaired) electrons. The largest absolute Gasteiger partial charge is 0.493 e. The number of primary amides is 1. The number of H-pyrrole nitrogens is 1. The number of benzene rings is 1. The van der Waals surface area contributed by atoms with Gasteiger partial charge in [0.15, 0.2) is 17.3 Å². The highest BCUT2D eigenvalue weighted by Gasteiger charge is 2.33. The molecule has 9 heteroatoms. The molecule has 1 unspecified atom stereocenters. The average Bonchev–Trinajstić information content (AvgIpc) is 3.37. The van der Waals surface area contributed by atoms with Gasteiger partial charge in [-0.3, -0.25) is 19.6 Å². The van der Waals surface area contributed by atoms with Crippen molar-refractivity contribution in [1.29, 1.82) is 0 Å². The third kappa shape index (κ3) is 3.91. The van der Waals surface area contributed by atoms with Gasteiger partial charge in [-0.1, -0.05) is 6.07 Å². The summed E-state index contributed by atoms with van der Waals surface area (Å²) in [4.78, 5) is 26.3. The van der Waals surface area contributed by atoms with Crippen molar-refractivity contribution in [1.82, 2.24) is 15.1 Å². The molecule has 1 saturated heterocycles. The molecule has 0 spiro atoms. The summed E-state index contributed by atoms with van der Waals surface area (Å²) in [6, 6.07) is 5.57. The molecule has 4 rings (SSSR count). The Morgan fingerprint density at radius 2 is 2.10 bits per heavy atom. The minimum Gasteiger partial charge on any atom is -0.493 e. The fraction of sp³-hybridized carbons (Fsp3) is 0.450. The van der Waals surface area contributed by atoms with Crippen LogP contribution < -0.4 is 20.5 Å². The van der Waals surface area contributed by atoms with E-state index in [1.54, 1.807) is 7.11 Å². The molecule has 2 aliphatic rings. The zero-order valence-corrected chi connectivity index (χ0v) is 16.4. The van der Waals surface area contributed by atoms with Crippen LogP contribution >= 0.6 is 0 Å². The number of fused-ring (bicyclic) bond motifs is 1. The fourth-order valence-corrected chi connectivity index (χ4v) is 4.04. The van der Waals surface area contributed by atoms with E-state index in [4.69, 9.17) is 15.2 Å². The Balaban J connectivity index is 1.57. The minimum absolute atomic E-state index is 0.171. The number of aromatic nitrogens is 2. The van der Waals surface area contributed by atoms with E-state index in [1.165, 1.54) is 12.8 Å². The maximum Gasteiger partial charge on any atom is 0.267 e. The van der Waals surface area contributed by atoms with Gasteiger partial charge < -0.3 is 20.5 Å². The zero-order valence-electron chi connectivity index (χ0n) is 16.4. The SMILES string of the molecule is COc1cc(C2CC(=O)Nc3n[nH]c(C(N)=O)c32)ccc1OCCN1CCCC1. The molecule has 1 atom stereocenters. The zero-order chi connectivity index (χ0) is 20.4. The first-order valence-electron chi connectivity index (χ1n) is 9.78. The molecular formula is C20H25N5O4. The number of hydrogen-bond acceptors (Lipinski definition) is 6. The van der Waals surface area contributed by atoms with E-state index in [0.29, 0.717) is 29.5 Å². The lowest BCUT2D eigenvalue weighted by molar-refractivity contribution is -0.116. The second-order valence-electron chi connectivity index (χ2n) is 7.34. The highest BCUT2D eigenvalue weighted by atomic mass is 16.5. The van der Waals surface area contributed by atoms with Gasteiger partial charge in [-0.2, -0.15) is 5.10 Å². The van der Waals surface area contributed by atoms with Crippen LogP contribution in [0.5, 0.6) is 11.5 Å². The van der Waals surface area contributed by atoms with Crippen LogP contribution in [0.25, 0.3) is 0 Å². The Morgan fingerprint density at radius 3 is 2.83 bits per heavy atom. The molecule has 2 amide bonds. The fourth-order valence-electron chi connectivity index (χ4n) is 4.04. The number of carbonyl (C=O) groups is 2. The normalized spacial score (nSPS) is 18.9. The summed E-state index contributed by atoms with van der Waals surface area (Å²) in [5, 5.41) is 9.33. The number of rotatable bonds is 7. The van der Waals surface area contributed by atoms with Gasteiger partial charge in [-0.05, 0) is 43.6 Å². The lowest BCUT2D eigenvalue weighted by Gasteiger charge is -2.24. The number of aromatic amines is 1. The van der Waals surface area contributed by atoms with Crippen molar-refractivity contribution >= 4 is 17.6 Å². The molecule has 2 aromatic rings. The van der Waals surface area contributed by atoms with Gasteiger partial charge >= 0.3 is 0 Å². The molecule has 154 valence electrons. The number of methoxy groups -OCH3 is 1. The Morgan fingerprint density at radius 1 is 1.31 bits per heavy atom. The van der Waals surface area contributed by atoms with Crippen LogP contribution in [0, 0.1) is 0 Å². The maximum absolute atomic E-state index is 12.1. The Labute approximate surface area is 168 Å². The van der Waals surface area contributed by atoms with Gasteiger partial charge in [0.1, 0.15) is 12.3 Å². The highest BCUT2D eigenvalue weighted by molar-refractivity contribution is 6.00. The number of likely N-dealkylation sites (tertiary alicyclic amines) is 1. The van der Waals surface area contributed by atoms with Crippen molar-refractivity contribution in [3.05, 3.63) is 35.0 Å². The van der Waals surface area contributed by atoms with Gasteiger partial charge in [-0.25, -0.2) is 0 Å². The van der Waals surface area contributed by atoms with E-state index in [1.807, 2.05) is 18.2 Å². The molecule has 2 aliphatic heterocycles. The van der Waals surface area contributed by atoms with Crippen LogP contribution in [-0.4, -0.2) is 60.3 Å². The standard InChI is InChI=1S/C20H25N5O4/c1-28-15-10-12(4-5-14(15)29-9-8-25-6-2-3-7-25)13-11-16(26)22-20-17(13)18(19(21)27)23-24-20/h4-5,10,13H,2-3,6-9,11H2,1H3,(H2,21,27)(H2,22,23,24,26). The van der Waals surface area contributed by atoms with E-state index in [9.17, 15) is 9.59 Å². The number of ether oxygens (including phenoxy) is 2. The average molecular weight is 399 g/mol. The van der Waals surface area contributed by atoms with E-state index in [0.717, 1.165) is 25.2 Å². The molecule has 1 fully saturated rings. The number of nitrogens with zero attached hydrogens (tertiary/aromatic N) is 2. The van der Waals surface area contributed by atoms with E-state index < -0.39 is 5.91 Å². The number of anilines is 1. The van der Waals surface area contributed by atoms with Crippen LogP contribution in [-0.2, 0) is 4.79 Å². The van der Waals surface area contributed by atoms with E-state index in [2.05, 4.69) is 20.4 Å². The first-order chi connectivity index (χ1) is 14.1. The van der Waals surface area contributed by atoms with Crippen LogP contribution in [0.1, 0.15) is 46.8 Å². The van der Waals surface area contributed by atoms with Crippen molar-refractivity contribution in [2.75, 3.05) is 38.7 Å². The molecule has 1 aromatic carbocycles. The number of nitrogens with two attached hydrogens (primary N) is 1. The molecule has 0 aliphatic carbocycles. The first kappa shape index (κ1) is 19.3. The molecule has 1 aromatic heterocycles. The molecule has 0 saturated carbocycles. The first-order valence-corrected chi connectivity index (χ1v) is 9.78. The third-order valence-corrected chi connectivity index (χ3v) is 5.50. The van der Waals surface area contributed by atoms with Crippen molar-refractivity contribution < 1.29 is 19.1 Å². The minimum atomic E-state index is -0.617. The van der Waals surface area contributed by atoms with E-state index in [-0.39, 0.29) is 23.9 Å². The third-order valence-electron chi connectivity index (χ3n) is 5.50. The van der Waals surface area contributed by atoms with Crippen molar-refractivity contribution in [2.24, 2.45) is 5.73 Å². The molecule has 3 heterocycles. The summed E-state index contributed by atoms with van der Waals surface area (Å²) in [5.41, 5.74) is 7.10. The summed E-state index contributed by atoms with van der Waals surface area (Å²) in [7, 11) is 1.58. The van der Waals surface area contributed by atoms with Gasteiger partial charge in [0.2, 0.25) is 5.91 Å². The van der Waals surface area contributed by atoms with Crippen LogP contribution in [0.3, 0.4) is 0 Å². The van der Waals surface area contributed by atoms with Gasteiger partial charge in [0, 0.05) is 24.4 Å². The molecule has 0 bridgehead atoms. The monoisotopic (exact) mass is 399 g/mol. The second kappa shape index (κ2) is 8.12. The molecule has 29 heavy (non-hydrogen) atoms. The van der Waals surface area contributed by atoms with Gasteiger partial charge in [0.25, 0.3) is 5.91 Å². The predicted octanol–water partition coefficient (Wildman–Crippen LogP) is 1.47. The van der Waals surface area contributed by atoms with Crippen molar-refractivity contribution in [2.45, 2.75) is 25.2 Å². The van der Waals surface area contributed by atoms with E-state index >= 15 is 0 Å². The van der Waals surface area contributed by atoms with Crippen molar-refractivity contribution in [3.8, 4) is 11.5 Å². The number of amides is 2. The summed E-state index contributed by atoms with van der Waals surface area (Å²) < 4.78 is 11.5. The van der Waals surface area contributed by atoms with Crippen LogP contribution in [0.4, 0.5) is 5.82 Å². The van der Waals surface area contributed by atoms with Crippen molar-refractivity contribution in [3.63, 3.8) is 0 Å². The summed E-state index contributed by atoms with van der Waals surface area (Å²) >= 11 is 0. The topological polar surface area (TPSA) is 123 Å². The lowest BCUT2D eigenvalue weighted by Crippen LogP contribution is -2.25. The molecule has 9 nitrogen and oxygen atoms in total. The Kier molecular flexibility index (Phi) is 5.39. The van der Waals surface area contributed by atoms with Gasteiger partial charge in [-0.15, -0.1) is 0 Å². The Bertz CT molecular complexity index is 920. The summed E-state index contributed by atoms with van der Waals surface area (Å²) in [6.45, 7) is 3.71. The Hall–Kier alpha value is -3.07. The number of carbonyl (C=O) groups excluding carboxylic acids is 2. The van der Waals surface area contributed by atoms with Crippen LogP contribution in [0.15, 0.2) is 18.2 Å². The molecular weight excluding hydrogens is 374 g/mol. The number of hydrogen-bond donors (Lipinski definition) is 3. The summed E-state index contributed by atoms with van der Waals surface area (Å²) in [5.74, 6) is 0.431. The van der Waals surface area contributed by atoms with Crippen LogP contribution in [0.2, 0.25) is 0 Å². The quantitative estimate of drug-likeness (QED) is 0.648. The predicted molar refractivity (Wildman–Crippen MR) is 106 cm³/mol. The number of nitrogens with one attached hydrogen (secondary N) is 2. The molecule has 4 N–H and O–H groups in total. The van der Waals surface area contributed by atoms with Gasteiger partial charge in [0.05, 0.1) is 7.11 Å². The summed E-state index contributed by atoms with van der Waals surface area (Å²) in [6.07, 6.45) is 2.68. The lowest BCUT2D eigenvalue weighted by atomic mass is 9.85. The second-order valence-corrected chi connectivity index (χ2v) is 7.34. The smallest absolute Gasteiger partial charge is 0.267 e.